The van der Waals surface area contributed by atoms with Gasteiger partial charge in [-0.05, 0) is 36.4 Å². The number of morpholine rings is 1. The van der Waals surface area contributed by atoms with Crippen LogP contribution in [0.15, 0.2) is 52.0 Å². The van der Waals surface area contributed by atoms with Crippen molar-refractivity contribution in [1.29, 1.82) is 0 Å². The minimum absolute atomic E-state index is 0.146. The van der Waals surface area contributed by atoms with Gasteiger partial charge >= 0.3 is 0 Å². The Kier molecular flexibility index (Phi) is 6.15. The fraction of sp³-hybridized carbons (Fsp3) is 0.389. The fourth-order valence-corrected chi connectivity index (χ4v) is 4.03. The number of carbonyl (C=O) groups is 1. The summed E-state index contributed by atoms with van der Waals surface area (Å²) >= 11 is 0. The summed E-state index contributed by atoms with van der Waals surface area (Å²) in [7, 11) is -1.88. The molecule has 1 aliphatic rings. The average molecular weight is 394 g/mol. The first-order chi connectivity index (χ1) is 13.0. The van der Waals surface area contributed by atoms with Crippen LogP contribution in [-0.4, -0.2) is 63.5 Å². The quantitative estimate of drug-likeness (QED) is 0.704. The van der Waals surface area contributed by atoms with E-state index in [1.54, 1.807) is 37.6 Å². The summed E-state index contributed by atoms with van der Waals surface area (Å²) in [5.74, 6) is 0.899. The third-order valence-electron chi connectivity index (χ3n) is 4.19. The minimum Gasteiger partial charge on any atom is -0.484 e. The Bertz CT molecular complexity index is 842. The lowest BCUT2D eigenvalue weighted by molar-refractivity contribution is -0.132. The molecule has 8 nitrogen and oxygen atoms in total. The van der Waals surface area contributed by atoms with Crippen LogP contribution in [0.25, 0.3) is 0 Å². The molecule has 1 aromatic heterocycles. The second kappa shape index (κ2) is 8.55. The molecule has 1 aliphatic heterocycles. The lowest BCUT2D eigenvalue weighted by Gasteiger charge is -2.26. The lowest BCUT2D eigenvalue weighted by Crippen LogP contribution is -2.40. The molecule has 1 fully saturated rings. The number of rotatable bonds is 7. The van der Waals surface area contributed by atoms with E-state index in [2.05, 4.69) is 0 Å². The normalized spacial score (nSPS) is 15.4. The third kappa shape index (κ3) is 4.88. The van der Waals surface area contributed by atoms with E-state index < -0.39 is 10.0 Å². The molecule has 1 saturated heterocycles. The Labute approximate surface area is 158 Å². The van der Waals surface area contributed by atoms with Crippen LogP contribution in [0.3, 0.4) is 0 Å². The van der Waals surface area contributed by atoms with Gasteiger partial charge in [0.25, 0.3) is 5.91 Å². The topological polar surface area (TPSA) is 89.3 Å². The molecule has 2 heterocycles. The van der Waals surface area contributed by atoms with E-state index in [0.29, 0.717) is 44.4 Å². The largest absolute Gasteiger partial charge is 0.484 e. The van der Waals surface area contributed by atoms with Crippen LogP contribution in [0.2, 0.25) is 0 Å². The minimum atomic E-state index is -3.54. The van der Waals surface area contributed by atoms with Crippen LogP contribution < -0.4 is 4.74 Å². The predicted octanol–water partition coefficient (Wildman–Crippen LogP) is 1.34. The molecular formula is C18H22N2O6S. The van der Waals surface area contributed by atoms with Crippen molar-refractivity contribution in [1.82, 2.24) is 9.21 Å². The number of benzene rings is 1. The van der Waals surface area contributed by atoms with Crippen LogP contribution >= 0.6 is 0 Å². The second-order valence-corrected chi connectivity index (χ2v) is 8.04. The van der Waals surface area contributed by atoms with Gasteiger partial charge in [-0.2, -0.15) is 4.31 Å². The van der Waals surface area contributed by atoms with E-state index in [4.69, 9.17) is 13.9 Å². The number of ether oxygens (including phenoxy) is 2. The first-order valence-electron chi connectivity index (χ1n) is 8.54. The van der Waals surface area contributed by atoms with Crippen LogP contribution in [-0.2, 0) is 26.1 Å². The summed E-state index contributed by atoms with van der Waals surface area (Å²) in [4.78, 5) is 13.8. The van der Waals surface area contributed by atoms with Crippen molar-refractivity contribution < 1.29 is 27.1 Å². The van der Waals surface area contributed by atoms with Gasteiger partial charge < -0.3 is 18.8 Å². The highest BCUT2D eigenvalue weighted by molar-refractivity contribution is 7.89. The molecule has 1 amide bonds. The van der Waals surface area contributed by atoms with E-state index in [1.165, 1.54) is 21.3 Å². The number of likely N-dealkylation sites (N-methyl/N-ethyl adjacent to an activating group) is 1. The third-order valence-corrected chi connectivity index (χ3v) is 6.11. The number of hydrogen-bond acceptors (Lipinski definition) is 6. The Morgan fingerprint density at radius 2 is 1.89 bits per heavy atom. The number of furan rings is 1. The van der Waals surface area contributed by atoms with Gasteiger partial charge in [0, 0.05) is 20.1 Å². The van der Waals surface area contributed by atoms with Gasteiger partial charge in [0.15, 0.2) is 6.61 Å². The highest BCUT2D eigenvalue weighted by atomic mass is 32.2. The summed E-state index contributed by atoms with van der Waals surface area (Å²) in [6.07, 6.45) is 1.55. The predicted molar refractivity (Wildman–Crippen MR) is 96.7 cm³/mol. The monoisotopic (exact) mass is 394 g/mol. The first-order valence-corrected chi connectivity index (χ1v) is 9.98. The highest BCUT2D eigenvalue weighted by Gasteiger charge is 2.26. The highest BCUT2D eigenvalue weighted by Crippen LogP contribution is 2.20. The number of carbonyl (C=O) groups excluding carboxylic acids is 1. The van der Waals surface area contributed by atoms with Crippen molar-refractivity contribution in [2.75, 3.05) is 40.0 Å². The fourth-order valence-electron chi connectivity index (χ4n) is 2.62. The van der Waals surface area contributed by atoms with Gasteiger partial charge in [-0.3, -0.25) is 4.79 Å². The molecule has 2 aromatic rings. The molecular weight excluding hydrogens is 372 g/mol. The van der Waals surface area contributed by atoms with Crippen molar-refractivity contribution in [3.05, 3.63) is 48.4 Å². The van der Waals surface area contributed by atoms with Gasteiger partial charge in [-0.15, -0.1) is 0 Å². The average Bonchev–Trinajstić information content (AvgIpc) is 3.20. The molecule has 27 heavy (non-hydrogen) atoms. The number of amides is 1. The maximum absolute atomic E-state index is 12.6. The smallest absolute Gasteiger partial charge is 0.260 e. The molecule has 9 heteroatoms. The maximum Gasteiger partial charge on any atom is 0.260 e. The molecule has 3 rings (SSSR count). The molecule has 1 aromatic carbocycles. The summed E-state index contributed by atoms with van der Waals surface area (Å²) in [5, 5.41) is 0. The molecule has 146 valence electrons. The van der Waals surface area contributed by atoms with Gasteiger partial charge in [-0.25, -0.2) is 8.42 Å². The van der Waals surface area contributed by atoms with Crippen molar-refractivity contribution in [3.8, 4) is 5.75 Å². The van der Waals surface area contributed by atoms with Crippen LogP contribution in [0, 0.1) is 0 Å². The number of hydrogen-bond donors (Lipinski definition) is 0. The molecule has 0 aliphatic carbocycles. The summed E-state index contributed by atoms with van der Waals surface area (Å²) in [6, 6.07) is 9.61. The first kappa shape index (κ1) is 19.4. The van der Waals surface area contributed by atoms with Crippen molar-refractivity contribution >= 4 is 15.9 Å². The van der Waals surface area contributed by atoms with Crippen molar-refractivity contribution in [2.24, 2.45) is 0 Å². The van der Waals surface area contributed by atoms with Crippen molar-refractivity contribution in [3.63, 3.8) is 0 Å². The van der Waals surface area contributed by atoms with Crippen molar-refractivity contribution in [2.45, 2.75) is 11.4 Å². The molecule has 0 saturated carbocycles. The Morgan fingerprint density at radius 3 is 2.52 bits per heavy atom. The van der Waals surface area contributed by atoms with E-state index in [9.17, 15) is 13.2 Å². The van der Waals surface area contributed by atoms with Gasteiger partial charge in [0.1, 0.15) is 11.5 Å². The summed E-state index contributed by atoms with van der Waals surface area (Å²) in [5.41, 5.74) is 0. The molecule has 0 spiro atoms. The Hall–Kier alpha value is -2.36. The maximum atomic E-state index is 12.6. The van der Waals surface area contributed by atoms with Gasteiger partial charge in [0.2, 0.25) is 10.0 Å². The molecule has 0 radical (unpaired) electrons. The molecule has 0 bridgehead atoms. The van der Waals surface area contributed by atoms with E-state index in [0.717, 1.165) is 0 Å². The van der Waals surface area contributed by atoms with Crippen LogP contribution in [0.4, 0.5) is 0 Å². The van der Waals surface area contributed by atoms with Gasteiger partial charge in [-0.1, -0.05) is 0 Å². The Morgan fingerprint density at radius 1 is 1.19 bits per heavy atom. The molecule has 0 unspecified atom stereocenters. The zero-order valence-electron chi connectivity index (χ0n) is 15.0. The SMILES string of the molecule is CN(Cc1ccco1)C(=O)COc1ccc(S(=O)(=O)N2CCOCC2)cc1. The standard InChI is InChI=1S/C18H22N2O6S/c1-19(13-16-3-2-10-25-16)18(21)14-26-15-4-6-17(7-5-15)27(22,23)20-8-11-24-12-9-20/h2-7,10H,8-9,11-14H2,1H3. The second-order valence-electron chi connectivity index (χ2n) is 6.11. The zero-order chi connectivity index (χ0) is 19.3. The Balaban J connectivity index is 1.55. The van der Waals surface area contributed by atoms with Crippen LogP contribution in [0.5, 0.6) is 5.75 Å². The summed E-state index contributed by atoms with van der Waals surface area (Å²) in [6.45, 7) is 1.69. The van der Waals surface area contributed by atoms with E-state index in [-0.39, 0.29) is 17.4 Å². The van der Waals surface area contributed by atoms with E-state index in [1.807, 2.05) is 0 Å². The summed E-state index contributed by atoms with van der Waals surface area (Å²) < 4.78 is 42.4. The van der Waals surface area contributed by atoms with Gasteiger partial charge in [0.05, 0.1) is 30.9 Å². The lowest BCUT2D eigenvalue weighted by atomic mass is 10.3. The zero-order valence-corrected chi connectivity index (χ0v) is 15.9. The number of nitrogens with zero attached hydrogens (tertiary/aromatic N) is 2. The van der Waals surface area contributed by atoms with E-state index >= 15 is 0 Å². The number of sulfonamides is 1. The molecule has 0 N–H and O–H groups in total. The molecule has 0 atom stereocenters. The van der Waals surface area contributed by atoms with Crippen LogP contribution in [0.1, 0.15) is 5.76 Å².